The lowest BCUT2D eigenvalue weighted by Gasteiger charge is -2.11. The Morgan fingerprint density at radius 2 is 1.70 bits per heavy atom. The van der Waals surface area contributed by atoms with Gasteiger partial charge < -0.3 is 4.57 Å². The molecule has 23 heavy (non-hydrogen) atoms. The standard InChI is InChI=1S/C16H10Cl4N2O/c1-22-13(6-7-14(22)15(23)16(18,19)20)11(9-21)8-10-2-4-12(17)5-3-10/h2-8H,1H3/b11-8+. The molecule has 3 nitrogen and oxygen atoms in total. The van der Waals surface area contributed by atoms with E-state index in [0.717, 1.165) is 5.56 Å². The fourth-order valence-corrected chi connectivity index (χ4v) is 2.46. The van der Waals surface area contributed by atoms with Crippen LogP contribution >= 0.6 is 46.4 Å². The first kappa shape index (κ1) is 17.9. The maximum Gasteiger partial charge on any atom is 0.255 e. The molecule has 0 radical (unpaired) electrons. The van der Waals surface area contributed by atoms with Crippen LogP contribution in [0.4, 0.5) is 0 Å². The van der Waals surface area contributed by atoms with E-state index in [9.17, 15) is 10.1 Å². The maximum atomic E-state index is 12.1. The number of benzene rings is 1. The van der Waals surface area contributed by atoms with Crippen LogP contribution in [0.1, 0.15) is 21.7 Å². The number of carbonyl (C=O) groups excluding carboxylic acids is 1. The van der Waals surface area contributed by atoms with Crippen molar-refractivity contribution in [1.29, 1.82) is 5.26 Å². The number of Topliss-reactive ketones (excluding diaryl/α,β-unsaturated/α-hetero) is 1. The van der Waals surface area contributed by atoms with Gasteiger partial charge in [-0.1, -0.05) is 58.5 Å². The number of rotatable bonds is 3. The van der Waals surface area contributed by atoms with Gasteiger partial charge in [-0.15, -0.1) is 0 Å². The molecule has 0 aliphatic carbocycles. The third kappa shape index (κ3) is 4.10. The largest absolute Gasteiger partial charge is 0.341 e. The van der Waals surface area contributed by atoms with E-state index in [-0.39, 0.29) is 5.69 Å². The van der Waals surface area contributed by atoms with Crippen LogP contribution in [0, 0.1) is 11.3 Å². The monoisotopic (exact) mass is 386 g/mol. The minimum absolute atomic E-state index is 0.206. The quantitative estimate of drug-likeness (QED) is 0.407. The predicted molar refractivity (Wildman–Crippen MR) is 95.0 cm³/mol. The zero-order chi connectivity index (χ0) is 17.2. The van der Waals surface area contributed by atoms with Crippen LogP contribution in [0.5, 0.6) is 0 Å². The van der Waals surface area contributed by atoms with Crippen molar-refractivity contribution in [2.75, 3.05) is 0 Å². The lowest BCUT2D eigenvalue weighted by molar-refractivity contribution is 0.0988. The van der Waals surface area contributed by atoms with Gasteiger partial charge in [-0.3, -0.25) is 4.79 Å². The van der Waals surface area contributed by atoms with Crippen LogP contribution in [0.25, 0.3) is 11.6 Å². The Morgan fingerprint density at radius 1 is 1.13 bits per heavy atom. The summed E-state index contributed by atoms with van der Waals surface area (Å²) in [6, 6.07) is 12.3. The minimum atomic E-state index is -2.05. The van der Waals surface area contributed by atoms with E-state index in [1.54, 1.807) is 43.5 Å². The van der Waals surface area contributed by atoms with E-state index in [4.69, 9.17) is 46.4 Å². The molecule has 0 aliphatic rings. The molecule has 0 N–H and O–H groups in total. The summed E-state index contributed by atoms with van der Waals surface area (Å²) < 4.78 is -0.523. The summed E-state index contributed by atoms with van der Waals surface area (Å²) in [5.74, 6) is -0.653. The highest BCUT2D eigenvalue weighted by atomic mass is 35.6. The molecule has 2 aromatic rings. The number of alkyl halides is 3. The van der Waals surface area contributed by atoms with Gasteiger partial charge in [0.25, 0.3) is 3.79 Å². The van der Waals surface area contributed by atoms with Crippen molar-refractivity contribution in [3.8, 4) is 6.07 Å². The van der Waals surface area contributed by atoms with Crippen LogP contribution in [0.15, 0.2) is 36.4 Å². The second kappa shape index (κ2) is 6.98. The van der Waals surface area contributed by atoms with E-state index < -0.39 is 9.58 Å². The van der Waals surface area contributed by atoms with Crippen LogP contribution in [0.3, 0.4) is 0 Å². The zero-order valence-electron chi connectivity index (χ0n) is 11.9. The molecule has 2 rings (SSSR count). The highest BCUT2D eigenvalue weighted by Gasteiger charge is 2.33. The highest BCUT2D eigenvalue weighted by molar-refractivity contribution is 6.77. The fourth-order valence-electron chi connectivity index (χ4n) is 2.04. The van der Waals surface area contributed by atoms with E-state index in [1.165, 1.54) is 10.6 Å². The summed E-state index contributed by atoms with van der Waals surface area (Å²) in [6.07, 6.45) is 1.69. The van der Waals surface area contributed by atoms with E-state index in [0.29, 0.717) is 16.3 Å². The summed E-state index contributed by atoms with van der Waals surface area (Å²) in [5, 5.41) is 10.0. The average molecular weight is 388 g/mol. The lowest BCUT2D eigenvalue weighted by Crippen LogP contribution is -2.21. The fraction of sp³-hybridized carbons (Fsp3) is 0.125. The summed E-state index contributed by atoms with van der Waals surface area (Å²) in [4.78, 5) is 12.1. The Labute approximate surface area is 153 Å². The van der Waals surface area contributed by atoms with E-state index in [2.05, 4.69) is 6.07 Å². The molecule has 0 saturated carbocycles. The maximum absolute atomic E-state index is 12.1. The number of halogens is 4. The van der Waals surface area contributed by atoms with Gasteiger partial charge in [0, 0.05) is 12.1 Å². The minimum Gasteiger partial charge on any atom is -0.341 e. The van der Waals surface area contributed by atoms with Crippen molar-refractivity contribution in [3.63, 3.8) is 0 Å². The lowest BCUT2D eigenvalue weighted by atomic mass is 10.1. The number of aromatic nitrogens is 1. The van der Waals surface area contributed by atoms with E-state index >= 15 is 0 Å². The van der Waals surface area contributed by atoms with Crippen LogP contribution < -0.4 is 0 Å². The smallest absolute Gasteiger partial charge is 0.255 e. The Balaban J connectivity index is 2.45. The summed E-state index contributed by atoms with van der Waals surface area (Å²) >= 11 is 22.7. The van der Waals surface area contributed by atoms with Gasteiger partial charge >= 0.3 is 0 Å². The van der Waals surface area contributed by atoms with Crippen LogP contribution in [0.2, 0.25) is 5.02 Å². The van der Waals surface area contributed by atoms with Gasteiger partial charge in [-0.25, -0.2) is 0 Å². The Kier molecular flexibility index (Phi) is 5.44. The number of nitrogens with zero attached hydrogens (tertiary/aromatic N) is 2. The molecule has 0 spiro atoms. The van der Waals surface area contributed by atoms with Gasteiger partial charge in [0.15, 0.2) is 0 Å². The normalized spacial score (nSPS) is 12.1. The molecule has 0 fully saturated rings. The second-order valence-electron chi connectivity index (χ2n) is 4.71. The van der Waals surface area contributed by atoms with Gasteiger partial charge in [-0.2, -0.15) is 5.26 Å². The number of nitriles is 1. The molecular formula is C16H10Cl4N2O. The second-order valence-corrected chi connectivity index (χ2v) is 7.43. The number of carbonyl (C=O) groups is 1. The first-order valence-electron chi connectivity index (χ1n) is 6.39. The molecule has 1 aromatic heterocycles. The number of ketones is 1. The number of hydrogen-bond acceptors (Lipinski definition) is 2. The molecule has 0 bridgehead atoms. The topological polar surface area (TPSA) is 45.8 Å². The number of hydrogen-bond donors (Lipinski definition) is 0. The van der Waals surface area contributed by atoms with Crippen molar-refractivity contribution in [3.05, 3.63) is 58.4 Å². The average Bonchev–Trinajstić information content (AvgIpc) is 2.86. The third-order valence-electron chi connectivity index (χ3n) is 3.19. The molecule has 118 valence electrons. The summed E-state index contributed by atoms with van der Waals surface area (Å²) in [7, 11) is 1.63. The first-order chi connectivity index (χ1) is 10.7. The number of allylic oxidation sites excluding steroid dienone is 1. The predicted octanol–water partition coefficient (Wildman–Crippen LogP) is 5.30. The molecule has 7 heteroatoms. The molecule has 0 unspecified atom stereocenters. The molecule has 1 aromatic carbocycles. The molecule has 0 saturated heterocycles. The van der Waals surface area contributed by atoms with Crippen molar-refractivity contribution >= 4 is 63.8 Å². The Hall–Kier alpha value is -1.44. The van der Waals surface area contributed by atoms with Crippen molar-refractivity contribution in [1.82, 2.24) is 4.57 Å². The molecule has 1 heterocycles. The first-order valence-corrected chi connectivity index (χ1v) is 7.90. The van der Waals surface area contributed by atoms with Gasteiger partial charge in [0.1, 0.15) is 6.07 Å². The SMILES string of the molecule is Cn1c(C(=O)C(Cl)(Cl)Cl)ccc1/C(C#N)=C/c1ccc(Cl)cc1. The van der Waals surface area contributed by atoms with Gasteiger partial charge in [-0.05, 0) is 35.9 Å². The van der Waals surface area contributed by atoms with E-state index in [1.807, 2.05) is 0 Å². The van der Waals surface area contributed by atoms with Crippen molar-refractivity contribution < 1.29 is 4.79 Å². The van der Waals surface area contributed by atoms with Crippen molar-refractivity contribution in [2.45, 2.75) is 3.79 Å². The van der Waals surface area contributed by atoms with Gasteiger partial charge in [0.05, 0.1) is 17.0 Å². The molecule has 0 amide bonds. The van der Waals surface area contributed by atoms with Gasteiger partial charge in [0.2, 0.25) is 5.78 Å². The summed E-state index contributed by atoms with van der Waals surface area (Å²) in [5.41, 5.74) is 1.93. The Morgan fingerprint density at radius 3 is 2.22 bits per heavy atom. The van der Waals surface area contributed by atoms with Crippen LogP contribution in [-0.2, 0) is 7.05 Å². The van der Waals surface area contributed by atoms with Crippen LogP contribution in [-0.4, -0.2) is 14.1 Å². The summed E-state index contributed by atoms with van der Waals surface area (Å²) in [6.45, 7) is 0. The van der Waals surface area contributed by atoms with Crippen molar-refractivity contribution in [2.24, 2.45) is 7.05 Å². The highest BCUT2D eigenvalue weighted by Crippen LogP contribution is 2.31. The molecule has 0 atom stereocenters. The molecule has 0 aliphatic heterocycles. The molecular weight excluding hydrogens is 378 g/mol. The zero-order valence-corrected chi connectivity index (χ0v) is 14.9. The third-order valence-corrected chi connectivity index (χ3v) is 3.96. The Bertz CT molecular complexity index is 808.